The Morgan fingerprint density at radius 2 is 1.74 bits per heavy atom. The van der Waals surface area contributed by atoms with Gasteiger partial charge in [0.2, 0.25) is 0 Å². The Morgan fingerprint density at radius 1 is 0.952 bits per heavy atom. The van der Waals surface area contributed by atoms with Crippen LogP contribution < -0.4 is 4.90 Å². The van der Waals surface area contributed by atoms with Crippen molar-refractivity contribution in [1.82, 2.24) is 34.3 Å². The van der Waals surface area contributed by atoms with Gasteiger partial charge in [-0.05, 0) is 55.5 Å². The maximum atomic E-state index is 13.3. The Bertz CT molecular complexity index is 1740. The number of ether oxygens (including phenoxy) is 1. The Kier molecular flexibility index (Phi) is 6.75. The smallest absolute Gasteiger partial charge is 0.156 e. The first-order valence-electron chi connectivity index (χ1n) is 14.2. The number of anilines is 1. The molecule has 0 spiro atoms. The zero-order valence-electron chi connectivity index (χ0n) is 23.3. The predicted octanol–water partition coefficient (Wildman–Crippen LogP) is 4.42. The second kappa shape index (κ2) is 10.7. The Morgan fingerprint density at radius 3 is 2.48 bits per heavy atom. The number of aromatic nitrogens is 7. The highest BCUT2D eigenvalue weighted by molar-refractivity contribution is 5.78. The Balaban J connectivity index is 1.08. The van der Waals surface area contributed by atoms with E-state index < -0.39 is 5.60 Å². The Labute approximate surface area is 242 Å². The van der Waals surface area contributed by atoms with Gasteiger partial charge < -0.3 is 14.7 Å². The summed E-state index contributed by atoms with van der Waals surface area (Å²) < 4.78 is 22.8. The van der Waals surface area contributed by atoms with Crippen LogP contribution in [-0.4, -0.2) is 65.8 Å². The molecule has 5 aromatic rings. The van der Waals surface area contributed by atoms with Crippen LogP contribution in [0.5, 0.6) is 0 Å². The molecule has 2 aliphatic heterocycles. The van der Waals surface area contributed by atoms with E-state index in [4.69, 9.17) is 4.74 Å². The van der Waals surface area contributed by atoms with Crippen LogP contribution in [0.4, 0.5) is 10.2 Å². The normalized spacial score (nSPS) is 17.8. The fourth-order valence-electron chi connectivity index (χ4n) is 5.71. The molecule has 0 aliphatic carbocycles. The van der Waals surface area contributed by atoms with Gasteiger partial charge in [-0.3, -0.25) is 4.68 Å². The highest BCUT2D eigenvalue weighted by Gasteiger charge is 2.27. The molecule has 0 radical (unpaired) electrons. The summed E-state index contributed by atoms with van der Waals surface area (Å²) in [6, 6.07) is 8.30. The molecule has 2 aliphatic rings. The molecular formula is C31H31FN8O2. The summed E-state index contributed by atoms with van der Waals surface area (Å²) in [5, 5.41) is 20.2. The maximum absolute atomic E-state index is 13.3. The molecular weight excluding hydrogens is 535 g/mol. The lowest BCUT2D eigenvalue weighted by molar-refractivity contribution is 0.0662. The molecule has 214 valence electrons. The van der Waals surface area contributed by atoms with Gasteiger partial charge in [-0.2, -0.15) is 10.2 Å². The van der Waals surface area contributed by atoms with Gasteiger partial charge >= 0.3 is 0 Å². The molecule has 1 aromatic carbocycles. The van der Waals surface area contributed by atoms with Gasteiger partial charge in [-0.25, -0.2) is 23.9 Å². The van der Waals surface area contributed by atoms with Crippen LogP contribution in [-0.2, 0) is 10.3 Å². The molecule has 1 N–H and O–H groups in total. The zero-order valence-corrected chi connectivity index (χ0v) is 23.3. The average Bonchev–Trinajstić information content (AvgIpc) is 3.70. The first kappa shape index (κ1) is 26.4. The summed E-state index contributed by atoms with van der Waals surface area (Å²) in [4.78, 5) is 16.0. The first-order valence-corrected chi connectivity index (χ1v) is 14.2. The van der Waals surface area contributed by atoms with Crippen molar-refractivity contribution >= 4 is 16.9 Å². The molecule has 0 bridgehead atoms. The van der Waals surface area contributed by atoms with Crippen LogP contribution in [0.25, 0.3) is 22.2 Å². The third-order valence-electron chi connectivity index (χ3n) is 8.30. The number of benzene rings is 1. The van der Waals surface area contributed by atoms with E-state index in [1.54, 1.807) is 37.8 Å². The second-order valence-corrected chi connectivity index (χ2v) is 11.0. The summed E-state index contributed by atoms with van der Waals surface area (Å²) in [7, 11) is 0. The molecule has 0 unspecified atom stereocenters. The lowest BCUT2D eigenvalue weighted by atomic mass is 9.90. The molecule has 11 heteroatoms. The maximum Gasteiger partial charge on any atom is 0.156 e. The van der Waals surface area contributed by atoms with Crippen LogP contribution in [0.15, 0.2) is 73.7 Å². The highest BCUT2D eigenvalue weighted by Crippen LogP contribution is 2.32. The number of halogens is 1. The van der Waals surface area contributed by atoms with E-state index in [0.717, 1.165) is 67.1 Å². The summed E-state index contributed by atoms with van der Waals surface area (Å²) in [6.07, 6.45) is 15.7. The topological polar surface area (TPSA) is 106 Å². The van der Waals surface area contributed by atoms with Crippen molar-refractivity contribution in [3.8, 4) is 11.1 Å². The van der Waals surface area contributed by atoms with Crippen molar-refractivity contribution in [2.45, 2.75) is 37.8 Å². The number of hydrogen-bond acceptors (Lipinski definition) is 8. The van der Waals surface area contributed by atoms with E-state index in [1.807, 2.05) is 16.9 Å². The molecule has 7 rings (SSSR count). The number of rotatable bonds is 6. The molecule has 1 atom stereocenters. The van der Waals surface area contributed by atoms with Crippen molar-refractivity contribution in [3.63, 3.8) is 0 Å². The number of fused-ring (bicyclic) bond motifs is 1. The van der Waals surface area contributed by atoms with Crippen molar-refractivity contribution in [2.24, 2.45) is 0 Å². The van der Waals surface area contributed by atoms with Gasteiger partial charge in [0.25, 0.3) is 0 Å². The van der Waals surface area contributed by atoms with Gasteiger partial charge in [0.05, 0.1) is 12.2 Å². The van der Waals surface area contributed by atoms with E-state index in [0.29, 0.717) is 29.5 Å². The van der Waals surface area contributed by atoms with Crippen molar-refractivity contribution in [3.05, 3.63) is 96.5 Å². The standard InChI is InChI=1S/C31H31FN8O2/c1-31(41,24-2-4-26(32)5-3-24)25-16-33-29(34-17-25)21-6-10-38(11-7-21)30-28-14-22(18-40(28)37-20-35-30)23-15-36-39(19-23)27-8-12-42-13-9-27/h2-6,14-20,27,41H,7-13H2,1H3/t31-/m0/s1. The van der Waals surface area contributed by atoms with E-state index in [9.17, 15) is 9.50 Å². The van der Waals surface area contributed by atoms with E-state index in [2.05, 4.69) is 53.1 Å². The van der Waals surface area contributed by atoms with E-state index in [-0.39, 0.29) is 5.82 Å². The molecule has 42 heavy (non-hydrogen) atoms. The quantitative estimate of drug-likeness (QED) is 0.322. The fourth-order valence-corrected chi connectivity index (χ4v) is 5.71. The number of aliphatic hydroxyl groups is 1. The zero-order chi connectivity index (χ0) is 28.7. The summed E-state index contributed by atoms with van der Waals surface area (Å²) >= 11 is 0. The van der Waals surface area contributed by atoms with Crippen LogP contribution in [0.2, 0.25) is 0 Å². The molecule has 1 fully saturated rings. The van der Waals surface area contributed by atoms with Gasteiger partial charge in [0.1, 0.15) is 23.3 Å². The summed E-state index contributed by atoms with van der Waals surface area (Å²) in [5.74, 6) is 1.15. The van der Waals surface area contributed by atoms with Gasteiger partial charge in [0, 0.05) is 67.8 Å². The van der Waals surface area contributed by atoms with Crippen LogP contribution in [0, 0.1) is 5.82 Å². The second-order valence-electron chi connectivity index (χ2n) is 11.0. The monoisotopic (exact) mass is 566 g/mol. The van der Waals surface area contributed by atoms with Gasteiger partial charge in [-0.15, -0.1) is 0 Å². The minimum Gasteiger partial charge on any atom is -0.381 e. The van der Waals surface area contributed by atoms with E-state index >= 15 is 0 Å². The van der Waals surface area contributed by atoms with Crippen LogP contribution in [0.1, 0.15) is 49.2 Å². The molecule has 4 aromatic heterocycles. The largest absolute Gasteiger partial charge is 0.381 e. The lowest BCUT2D eigenvalue weighted by Gasteiger charge is -2.27. The predicted molar refractivity (Wildman–Crippen MR) is 155 cm³/mol. The first-order chi connectivity index (χ1) is 20.5. The summed E-state index contributed by atoms with van der Waals surface area (Å²) in [6.45, 7) is 4.61. The molecule has 6 heterocycles. The van der Waals surface area contributed by atoms with Gasteiger partial charge in [-0.1, -0.05) is 18.2 Å². The average molecular weight is 567 g/mol. The third kappa shape index (κ3) is 4.94. The molecule has 1 saturated heterocycles. The fraction of sp³-hybridized carbons (Fsp3) is 0.323. The van der Waals surface area contributed by atoms with Gasteiger partial charge in [0.15, 0.2) is 11.6 Å². The number of nitrogens with zero attached hydrogens (tertiary/aromatic N) is 8. The minimum absolute atomic E-state index is 0.349. The minimum atomic E-state index is -1.33. The third-order valence-corrected chi connectivity index (χ3v) is 8.30. The SMILES string of the molecule is C[C@](O)(c1ccc(F)cc1)c1cnc(C2=CCN(c3ncnn4cc(-c5cnn(C6CCOCC6)c5)cc34)CC2)nc1. The lowest BCUT2D eigenvalue weighted by Crippen LogP contribution is -2.30. The van der Waals surface area contributed by atoms with Crippen molar-refractivity contribution < 1.29 is 14.2 Å². The van der Waals surface area contributed by atoms with Crippen molar-refractivity contribution in [1.29, 1.82) is 0 Å². The summed E-state index contributed by atoms with van der Waals surface area (Å²) in [5.41, 5.74) is 3.87. The molecule has 0 amide bonds. The van der Waals surface area contributed by atoms with Crippen LogP contribution in [0.3, 0.4) is 0 Å². The van der Waals surface area contributed by atoms with E-state index in [1.165, 1.54) is 12.1 Å². The Hall–Kier alpha value is -4.48. The van der Waals surface area contributed by atoms with Crippen molar-refractivity contribution in [2.75, 3.05) is 31.2 Å². The van der Waals surface area contributed by atoms with Crippen LogP contribution >= 0.6 is 0 Å². The highest BCUT2D eigenvalue weighted by atomic mass is 19.1. The number of hydrogen-bond donors (Lipinski definition) is 1. The molecule has 0 saturated carbocycles. The molecule has 10 nitrogen and oxygen atoms in total.